The van der Waals surface area contributed by atoms with Crippen LogP contribution in [-0.2, 0) is 4.79 Å². The lowest BCUT2D eigenvalue weighted by atomic mass is 10.3. The predicted octanol–water partition coefficient (Wildman–Crippen LogP) is 2.47. The van der Waals surface area contributed by atoms with Gasteiger partial charge in [-0.2, -0.15) is 0 Å². The number of piperazine rings is 1. The minimum atomic E-state index is -0.358. The Bertz CT molecular complexity index is 762. The molecule has 0 bridgehead atoms. The van der Waals surface area contributed by atoms with Gasteiger partial charge in [-0.25, -0.2) is 4.39 Å². The van der Waals surface area contributed by atoms with Gasteiger partial charge in [0.2, 0.25) is 5.91 Å². The molecule has 3 rings (SSSR count). The van der Waals surface area contributed by atoms with Gasteiger partial charge in [-0.1, -0.05) is 6.07 Å². The van der Waals surface area contributed by atoms with E-state index in [9.17, 15) is 9.18 Å². The quantitative estimate of drug-likeness (QED) is 0.754. The number of nitrogens with zero attached hydrogens (tertiary/aromatic N) is 2. The Morgan fingerprint density at radius 1 is 1.04 bits per heavy atom. The summed E-state index contributed by atoms with van der Waals surface area (Å²) in [5.74, 6) is 1.16. The van der Waals surface area contributed by atoms with Crippen molar-refractivity contribution >= 4 is 11.6 Å². The highest BCUT2D eigenvalue weighted by molar-refractivity contribution is 5.92. The summed E-state index contributed by atoms with van der Waals surface area (Å²) in [5.41, 5.74) is 0.485. The molecule has 2 aromatic carbocycles. The molecular formula is C21H26FN3O3. The summed E-state index contributed by atoms with van der Waals surface area (Å²) in [6, 6.07) is 13.5. The van der Waals surface area contributed by atoms with Crippen LogP contribution in [0.1, 0.15) is 0 Å². The fourth-order valence-electron chi connectivity index (χ4n) is 3.11. The number of ether oxygens (including phenoxy) is 2. The molecule has 1 aliphatic heterocycles. The normalized spacial score (nSPS) is 15.2. The van der Waals surface area contributed by atoms with Crippen molar-refractivity contribution in [3.8, 4) is 11.5 Å². The first-order valence-electron chi connectivity index (χ1n) is 9.39. The van der Waals surface area contributed by atoms with E-state index in [0.29, 0.717) is 18.8 Å². The molecule has 150 valence electrons. The highest BCUT2D eigenvalue weighted by Gasteiger charge is 2.19. The van der Waals surface area contributed by atoms with Crippen molar-refractivity contribution in [2.24, 2.45) is 0 Å². The van der Waals surface area contributed by atoms with Crippen LogP contribution in [0.15, 0.2) is 48.5 Å². The average Bonchev–Trinajstić information content (AvgIpc) is 2.70. The van der Waals surface area contributed by atoms with Gasteiger partial charge in [-0.15, -0.1) is 0 Å². The molecule has 1 N–H and O–H groups in total. The lowest BCUT2D eigenvalue weighted by molar-refractivity contribution is -0.117. The average molecular weight is 387 g/mol. The number of benzene rings is 2. The summed E-state index contributed by atoms with van der Waals surface area (Å²) in [4.78, 5) is 16.6. The number of halogens is 1. The van der Waals surface area contributed by atoms with Crippen molar-refractivity contribution in [3.05, 3.63) is 54.3 Å². The molecule has 1 fully saturated rings. The second kappa shape index (κ2) is 10.1. The van der Waals surface area contributed by atoms with E-state index < -0.39 is 0 Å². The standard InChI is InChI=1S/C21H26FN3O3/c1-27-19-5-7-20(8-6-19)28-14-13-24-9-11-25(12-10-24)16-21(26)23-18-4-2-3-17(22)15-18/h2-8,15H,9-14,16H2,1H3,(H,23,26). The van der Waals surface area contributed by atoms with Gasteiger partial charge in [0.25, 0.3) is 0 Å². The first kappa shape index (κ1) is 20.1. The molecule has 0 unspecified atom stereocenters. The molecule has 0 aromatic heterocycles. The van der Waals surface area contributed by atoms with E-state index in [1.807, 2.05) is 24.3 Å². The number of nitrogens with one attached hydrogen (secondary N) is 1. The summed E-state index contributed by atoms with van der Waals surface area (Å²) in [6.45, 7) is 5.19. The van der Waals surface area contributed by atoms with Gasteiger partial charge in [0.1, 0.15) is 23.9 Å². The highest BCUT2D eigenvalue weighted by atomic mass is 19.1. The summed E-state index contributed by atoms with van der Waals surface area (Å²) >= 11 is 0. The van der Waals surface area contributed by atoms with E-state index in [2.05, 4.69) is 15.1 Å². The first-order valence-corrected chi connectivity index (χ1v) is 9.39. The number of methoxy groups -OCH3 is 1. The minimum Gasteiger partial charge on any atom is -0.497 e. The maximum atomic E-state index is 13.2. The monoisotopic (exact) mass is 387 g/mol. The Morgan fingerprint density at radius 2 is 1.71 bits per heavy atom. The molecule has 0 aliphatic carbocycles. The van der Waals surface area contributed by atoms with Crippen LogP contribution in [0.4, 0.5) is 10.1 Å². The van der Waals surface area contributed by atoms with Crippen molar-refractivity contribution in [2.75, 3.05) is 58.3 Å². The van der Waals surface area contributed by atoms with Crippen LogP contribution in [0.2, 0.25) is 0 Å². The number of hydrogen-bond acceptors (Lipinski definition) is 5. The lowest BCUT2D eigenvalue weighted by Crippen LogP contribution is -2.49. The van der Waals surface area contributed by atoms with E-state index >= 15 is 0 Å². The van der Waals surface area contributed by atoms with Gasteiger partial charge in [0.15, 0.2) is 0 Å². The molecule has 0 atom stereocenters. The van der Waals surface area contributed by atoms with Crippen LogP contribution in [-0.4, -0.2) is 68.7 Å². The third-order valence-electron chi connectivity index (χ3n) is 4.68. The van der Waals surface area contributed by atoms with Crippen molar-refractivity contribution in [2.45, 2.75) is 0 Å². The molecule has 2 aromatic rings. The van der Waals surface area contributed by atoms with Gasteiger partial charge in [-0.3, -0.25) is 14.6 Å². The Kier molecular flexibility index (Phi) is 7.22. The molecular weight excluding hydrogens is 361 g/mol. The Hall–Kier alpha value is -2.64. The molecule has 1 heterocycles. The Balaban J connectivity index is 1.33. The maximum absolute atomic E-state index is 13.2. The largest absolute Gasteiger partial charge is 0.497 e. The SMILES string of the molecule is COc1ccc(OCCN2CCN(CC(=O)Nc3cccc(F)c3)CC2)cc1. The van der Waals surface area contributed by atoms with E-state index in [4.69, 9.17) is 9.47 Å². The fourth-order valence-corrected chi connectivity index (χ4v) is 3.11. The molecule has 1 saturated heterocycles. The number of hydrogen-bond donors (Lipinski definition) is 1. The van der Waals surface area contributed by atoms with Crippen molar-refractivity contribution in [3.63, 3.8) is 0 Å². The lowest BCUT2D eigenvalue weighted by Gasteiger charge is -2.34. The van der Waals surface area contributed by atoms with Crippen LogP contribution in [0.5, 0.6) is 11.5 Å². The predicted molar refractivity (Wildman–Crippen MR) is 106 cm³/mol. The van der Waals surface area contributed by atoms with Crippen molar-refractivity contribution in [1.82, 2.24) is 9.80 Å². The van der Waals surface area contributed by atoms with E-state index in [1.165, 1.54) is 12.1 Å². The summed E-state index contributed by atoms with van der Waals surface area (Å²) in [7, 11) is 1.64. The van der Waals surface area contributed by atoms with Gasteiger partial charge >= 0.3 is 0 Å². The van der Waals surface area contributed by atoms with Crippen LogP contribution < -0.4 is 14.8 Å². The van der Waals surface area contributed by atoms with Gasteiger partial charge < -0.3 is 14.8 Å². The number of anilines is 1. The topological polar surface area (TPSA) is 54.0 Å². The van der Waals surface area contributed by atoms with E-state index in [0.717, 1.165) is 44.2 Å². The summed E-state index contributed by atoms with van der Waals surface area (Å²) < 4.78 is 24.1. The molecule has 0 saturated carbocycles. The molecule has 1 amide bonds. The van der Waals surface area contributed by atoms with E-state index in [1.54, 1.807) is 19.2 Å². The van der Waals surface area contributed by atoms with Crippen LogP contribution >= 0.6 is 0 Å². The maximum Gasteiger partial charge on any atom is 0.238 e. The summed E-state index contributed by atoms with van der Waals surface area (Å²) in [5, 5.41) is 2.74. The van der Waals surface area contributed by atoms with E-state index in [-0.39, 0.29) is 11.7 Å². The smallest absolute Gasteiger partial charge is 0.238 e. The van der Waals surface area contributed by atoms with Crippen molar-refractivity contribution in [1.29, 1.82) is 0 Å². The minimum absolute atomic E-state index is 0.123. The zero-order chi connectivity index (χ0) is 19.8. The number of carbonyl (C=O) groups excluding carboxylic acids is 1. The molecule has 7 heteroatoms. The second-order valence-electron chi connectivity index (χ2n) is 6.70. The second-order valence-corrected chi connectivity index (χ2v) is 6.70. The highest BCUT2D eigenvalue weighted by Crippen LogP contribution is 2.17. The third kappa shape index (κ3) is 6.21. The van der Waals surface area contributed by atoms with Gasteiger partial charge in [-0.05, 0) is 42.5 Å². The van der Waals surface area contributed by atoms with Crippen LogP contribution in [0, 0.1) is 5.82 Å². The Morgan fingerprint density at radius 3 is 2.39 bits per heavy atom. The van der Waals surface area contributed by atoms with Gasteiger partial charge in [0, 0.05) is 38.4 Å². The molecule has 28 heavy (non-hydrogen) atoms. The fraction of sp³-hybridized carbons (Fsp3) is 0.381. The van der Waals surface area contributed by atoms with Crippen molar-refractivity contribution < 1.29 is 18.7 Å². The molecule has 0 spiro atoms. The van der Waals surface area contributed by atoms with Crippen LogP contribution in [0.3, 0.4) is 0 Å². The number of rotatable bonds is 8. The molecule has 1 aliphatic rings. The zero-order valence-electron chi connectivity index (χ0n) is 16.1. The Labute approximate surface area is 164 Å². The van der Waals surface area contributed by atoms with Crippen LogP contribution in [0.25, 0.3) is 0 Å². The van der Waals surface area contributed by atoms with Gasteiger partial charge in [0.05, 0.1) is 13.7 Å². The molecule has 0 radical (unpaired) electrons. The number of carbonyl (C=O) groups is 1. The zero-order valence-corrected chi connectivity index (χ0v) is 16.1. The third-order valence-corrected chi connectivity index (χ3v) is 4.68. The summed E-state index contributed by atoms with van der Waals surface area (Å²) in [6.07, 6.45) is 0. The first-order chi connectivity index (χ1) is 13.6. The number of amides is 1. The molecule has 6 nitrogen and oxygen atoms in total.